The third-order valence-electron chi connectivity index (χ3n) is 6.45. The standard InChI is InChI=1S/C27H28N4OS/c1-3-8-21(9-4-1)19-29-14-16-30(17-15-29)26-24-12-7-13-31(24)27-23(28-26)18-25(33-27)32-20-22-10-5-2-6-11-22/h1-12,18,28H,13-17,19-20H2. The number of anilines is 2. The Morgan fingerprint density at radius 3 is 2.36 bits per heavy atom. The number of fused-ring (bicyclic) bond motifs is 3. The highest BCUT2D eigenvalue weighted by Crippen LogP contribution is 2.47. The van der Waals surface area contributed by atoms with E-state index in [9.17, 15) is 0 Å². The zero-order valence-electron chi connectivity index (χ0n) is 18.6. The molecule has 168 valence electrons. The SMILES string of the molecule is C1=CC2=C(N3CCN(Cc4ccccc4)CC3)Nc3cc(OCc4ccccc4)sc3N2C1. The number of thiophene rings is 1. The second-order valence-electron chi connectivity index (χ2n) is 8.68. The summed E-state index contributed by atoms with van der Waals surface area (Å²) >= 11 is 1.72. The summed E-state index contributed by atoms with van der Waals surface area (Å²) in [6, 6.07) is 23.3. The Morgan fingerprint density at radius 1 is 0.879 bits per heavy atom. The number of nitrogens with one attached hydrogen (secondary N) is 1. The van der Waals surface area contributed by atoms with Crippen LogP contribution in [0.1, 0.15) is 11.1 Å². The number of nitrogens with zero attached hydrogens (tertiary/aromatic N) is 3. The summed E-state index contributed by atoms with van der Waals surface area (Å²) < 4.78 is 6.14. The molecule has 0 amide bonds. The van der Waals surface area contributed by atoms with Crippen LogP contribution in [0.2, 0.25) is 0 Å². The molecule has 3 aliphatic heterocycles. The highest BCUT2D eigenvalue weighted by molar-refractivity contribution is 7.18. The Labute approximate surface area is 199 Å². The second-order valence-corrected chi connectivity index (χ2v) is 9.67. The van der Waals surface area contributed by atoms with Crippen molar-refractivity contribution in [3.63, 3.8) is 0 Å². The predicted molar refractivity (Wildman–Crippen MR) is 136 cm³/mol. The molecule has 3 aromatic rings. The smallest absolute Gasteiger partial charge is 0.178 e. The summed E-state index contributed by atoms with van der Waals surface area (Å²) in [5, 5.41) is 5.94. The quantitative estimate of drug-likeness (QED) is 0.557. The first kappa shape index (κ1) is 20.4. The highest BCUT2D eigenvalue weighted by Gasteiger charge is 2.32. The van der Waals surface area contributed by atoms with E-state index in [1.54, 1.807) is 11.3 Å². The molecule has 1 saturated heterocycles. The molecule has 0 unspecified atom stereocenters. The predicted octanol–water partition coefficient (Wildman–Crippen LogP) is 5.12. The van der Waals surface area contributed by atoms with E-state index in [2.05, 4.69) is 92.8 Å². The molecule has 6 rings (SSSR count). The minimum absolute atomic E-state index is 0.592. The number of benzene rings is 2. The fourth-order valence-electron chi connectivity index (χ4n) is 4.71. The summed E-state index contributed by atoms with van der Waals surface area (Å²) in [6.45, 7) is 6.72. The van der Waals surface area contributed by atoms with Gasteiger partial charge < -0.3 is 19.9 Å². The first-order valence-corrected chi connectivity index (χ1v) is 12.4. The fourth-order valence-corrected chi connectivity index (χ4v) is 5.70. The van der Waals surface area contributed by atoms with Crippen LogP contribution >= 0.6 is 11.3 Å². The van der Waals surface area contributed by atoms with Crippen LogP contribution in [0.5, 0.6) is 5.06 Å². The molecule has 1 N–H and O–H groups in total. The van der Waals surface area contributed by atoms with Crippen LogP contribution in [-0.4, -0.2) is 42.5 Å². The maximum atomic E-state index is 6.14. The maximum absolute atomic E-state index is 6.14. The van der Waals surface area contributed by atoms with Gasteiger partial charge in [0.2, 0.25) is 0 Å². The lowest BCUT2D eigenvalue weighted by Gasteiger charge is -2.40. The van der Waals surface area contributed by atoms with E-state index in [1.165, 1.54) is 27.6 Å². The molecule has 4 heterocycles. The van der Waals surface area contributed by atoms with E-state index in [0.29, 0.717) is 6.61 Å². The Balaban J connectivity index is 1.14. The van der Waals surface area contributed by atoms with Gasteiger partial charge in [0.15, 0.2) is 5.06 Å². The molecule has 6 heteroatoms. The van der Waals surface area contributed by atoms with Crippen molar-refractivity contribution in [1.82, 2.24) is 9.80 Å². The Morgan fingerprint density at radius 2 is 1.61 bits per heavy atom. The van der Waals surface area contributed by atoms with Gasteiger partial charge in [-0.1, -0.05) is 78.1 Å². The first-order chi connectivity index (χ1) is 16.3. The lowest BCUT2D eigenvalue weighted by Crippen LogP contribution is -2.47. The summed E-state index contributed by atoms with van der Waals surface area (Å²) in [7, 11) is 0. The van der Waals surface area contributed by atoms with Crippen molar-refractivity contribution < 1.29 is 4.74 Å². The van der Waals surface area contributed by atoms with Crippen molar-refractivity contribution in [1.29, 1.82) is 0 Å². The van der Waals surface area contributed by atoms with Crippen molar-refractivity contribution in [2.45, 2.75) is 13.2 Å². The summed E-state index contributed by atoms with van der Waals surface area (Å²) in [5.41, 5.74) is 5.00. The minimum Gasteiger partial charge on any atom is -0.479 e. The van der Waals surface area contributed by atoms with Gasteiger partial charge in [-0.3, -0.25) is 4.90 Å². The number of rotatable bonds is 6. The number of piperazine rings is 1. The van der Waals surface area contributed by atoms with Crippen LogP contribution in [0.15, 0.2) is 90.4 Å². The summed E-state index contributed by atoms with van der Waals surface area (Å²) in [6.07, 6.45) is 4.51. The largest absolute Gasteiger partial charge is 0.479 e. The minimum atomic E-state index is 0.592. The maximum Gasteiger partial charge on any atom is 0.178 e. The second kappa shape index (κ2) is 8.96. The molecule has 0 atom stereocenters. The molecule has 1 fully saturated rings. The molecule has 0 spiro atoms. The van der Waals surface area contributed by atoms with E-state index < -0.39 is 0 Å². The molecule has 0 bridgehead atoms. The van der Waals surface area contributed by atoms with Crippen molar-refractivity contribution in [3.05, 3.63) is 102 Å². The van der Waals surface area contributed by atoms with Crippen molar-refractivity contribution >= 4 is 22.0 Å². The molecule has 2 aromatic carbocycles. The first-order valence-electron chi connectivity index (χ1n) is 11.6. The molecule has 0 saturated carbocycles. The normalized spacial score (nSPS) is 17.7. The molecule has 1 aromatic heterocycles. The zero-order valence-corrected chi connectivity index (χ0v) is 19.4. The average Bonchev–Trinajstić information content (AvgIpc) is 3.51. The average molecular weight is 457 g/mol. The molecule has 0 radical (unpaired) electrons. The van der Waals surface area contributed by atoms with Crippen molar-refractivity contribution in [2.24, 2.45) is 0 Å². The van der Waals surface area contributed by atoms with E-state index in [4.69, 9.17) is 4.74 Å². The zero-order chi connectivity index (χ0) is 22.0. The molecule has 5 nitrogen and oxygen atoms in total. The van der Waals surface area contributed by atoms with Crippen LogP contribution in [0.3, 0.4) is 0 Å². The van der Waals surface area contributed by atoms with Gasteiger partial charge in [-0.15, -0.1) is 0 Å². The van der Waals surface area contributed by atoms with Gasteiger partial charge in [0, 0.05) is 45.3 Å². The van der Waals surface area contributed by atoms with Gasteiger partial charge in [0.05, 0.1) is 11.4 Å². The summed E-state index contributed by atoms with van der Waals surface area (Å²) in [4.78, 5) is 7.47. The van der Waals surface area contributed by atoms with Crippen LogP contribution < -0.4 is 15.0 Å². The van der Waals surface area contributed by atoms with E-state index in [-0.39, 0.29) is 0 Å². The van der Waals surface area contributed by atoms with Crippen LogP contribution in [-0.2, 0) is 13.2 Å². The number of hydrogen-bond acceptors (Lipinski definition) is 6. The number of hydrogen-bond donors (Lipinski definition) is 1. The Hall–Kier alpha value is -3.22. The van der Waals surface area contributed by atoms with Gasteiger partial charge >= 0.3 is 0 Å². The number of ether oxygens (including phenoxy) is 1. The molecule has 33 heavy (non-hydrogen) atoms. The lowest BCUT2D eigenvalue weighted by molar-refractivity contribution is 0.153. The molecular formula is C27H28N4OS. The van der Waals surface area contributed by atoms with Gasteiger partial charge in [-0.2, -0.15) is 0 Å². The van der Waals surface area contributed by atoms with E-state index in [1.807, 2.05) is 6.07 Å². The van der Waals surface area contributed by atoms with Crippen LogP contribution in [0, 0.1) is 0 Å². The Kier molecular flexibility index (Phi) is 5.54. The van der Waals surface area contributed by atoms with Crippen LogP contribution in [0.4, 0.5) is 10.7 Å². The van der Waals surface area contributed by atoms with Gasteiger partial charge in [-0.05, 0) is 17.2 Å². The highest BCUT2D eigenvalue weighted by atomic mass is 32.1. The monoisotopic (exact) mass is 456 g/mol. The topological polar surface area (TPSA) is 31.0 Å². The van der Waals surface area contributed by atoms with Crippen molar-refractivity contribution in [3.8, 4) is 5.06 Å². The third-order valence-corrected chi connectivity index (χ3v) is 7.52. The van der Waals surface area contributed by atoms with E-state index in [0.717, 1.165) is 50.0 Å². The van der Waals surface area contributed by atoms with Gasteiger partial charge in [0.1, 0.15) is 17.4 Å². The van der Waals surface area contributed by atoms with Gasteiger partial charge in [0.25, 0.3) is 0 Å². The van der Waals surface area contributed by atoms with Gasteiger partial charge in [-0.25, -0.2) is 0 Å². The van der Waals surface area contributed by atoms with Crippen molar-refractivity contribution in [2.75, 3.05) is 42.9 Å². The molecular weight excluding hydrogens is 428 g/mol. The fraction of sp³-hybridized carbons (Fsp3) is 0.259. The summed E-state index contributed by atoms with van der Waals surface area (Å²) in [5.74, 6) is 1.23. The number of allylic oxidation sites excluding steroid dienone is 1. The Bertz CT molecular complexity index is 1160. The molecule has 0 aliphatic carbocycles. The van der Waals surface area contributed by atoms with Crippen LogP contribution in [0.25, 0.3) is 0 Å². The van der Waals surface area contributed by atoms with E-state index >= 15 is 0 Å². The molecule has 3 aliphatic rings. The lowest BCUT2D eigenvalue weighted by atomic mass is 10.2. The third kappa shape index (κ3) is 4.24.